The molecule has 0 bridgehead atoms. The molecule has 0 saturated carbocycles. The van der Waals surface area contributed by atoms with Gasteiger partial charge in [0, 0.05) is 45.4 Å². The van der Waals surface area contributed by atoms with Gasteiger partial charge >= 0.3 is 0 Å². The van der Waals surface area contributed by atoms with Crippen molar-refractivity contribution in [1.82, 2.24) is 0 Å². The third kappa shape index (κ3) is 5.39. The third-order valence-corrected chi connectivity index (χ3v) is 5.41. The Bertz CT molecular complexity index is 1040. The SMILES string of the molecule is Cc1ccc(NC(=O)C(=N)c2ccccc2NCc2ccc(S(C)=O)cc2)cc1. The summed E-state index contributed by atoms with van der Waals surface area (Å²) in [5, 5.41) is 14.4. The molecular weight excluding hydrogens is 382 g/mol. The second kappa shape index (κ2) is 9.30. The van der Waals surface area contributed by atoms with E-state index in [9.17, 15) is 9.00 Å². The predicted molar refractivity (Wildman–Crippen MR) is 119 cm³/mol. The summed E-state index contributed by atoms with van der Waals surface area (Å²) in [5.41, 5.74) is 3.91. The summed E-state index contributed by atoms with van der Waals surface area (Å²) < 4.78 is 11.5. The van der Waals surface area contributed by atoms with E-state index >= 15 is 0 Å². The number of carbonyl (C=O) groups excluding carboxylic acids is 1. The van der Waals surface area contributed by atoms with Crippen LogP contribution < -0.4 is 10.6 Å². The van der Waals surface area contributed by atoms with Gasteiger partial charge in [0.25, 0.3) is 5.91 Å². The van der Waals surface area contributed by atoms with E-state index in [1.807, 2.05) is 67.6 Å². The lowest BCUT2D eigenvalue weighted by molar-refractivity contribution is -0.110. The standard InChI is InChI=1S/C23H23N3O2S/c1-16-7-11-18(12-8-16)26-23(27)22(24)20-5-3-4-6-21(20)25-15-17-9-13-19(14-10-17)29(2)28/h3-14,24-25H,15H2,1-2H3,(H,26,27). The van der Waals surface area contributed by atoms with Crippen LogP contribution in [-0.2, 0) is 22.1 Å². The van der Waals surface area contributed by atoms with Crippen LogP contribution in [0.2, 0.25) is 0 Å². The lowest BCUT2D eigenvalue weighted by Gasteiger charge is -2.13. The van der Waals surface area contributed by atoms with E-state index < -0.39 is 16.7 Å². The minimum absolute atomic E-state index is 0.106. The molecule has 1 amide bonds. The summed E-state index contributed by atoms with van der Waals surface area (Å²) in [6.45, 7) is 2.51. The summed E-state index contributed by atoms with van der Waals surface area (Å²) in [6, 6.07) is 22.2. The van der Waals surface area contributed by atoms with E-state index in [4.69, 9.17) is 5.41 Å². The maximum atomic E-state index is 12.5. The van der Waals surface area contributed by atoms with Gasteiger partial charge in [0.2, 0.25) is 0 Å². The number of aryl methyl sites for hydroxylation is 1. The fourth-order valence-corrected chi connectivity index (χ4v) is 3.32. The van der Waals surface area contributed by atoms with Crippen molar-refractivity contribution in [2.24, 2.45) is 0 Å². The topological polar surface area (TPSA) is 82.1 Å². The first-order valence-electron chi connectivity index (χ1n) is 9.16. The molecule has 0 fully saturated rings. The minimum Gasteiger partial charge on any atom is -0.380 e. The van der Waals surface area contributed by atoms with Crippen molar-refractivity contribution in [1.29, 1.82) is 5.41 Å². The van der Waals surface area contributed by atoms with Crippen LogP contribution in [0.1, 0.15) is 16.7 Å². The van der Waals surface area contributed by atoms with Gasteiger partial charge in [-0.05, 0) is 42.8 Å². The van der Waals surface area contributed by atoms with Gasteiger partial charge in [-0.2, -0.15) is 0 Å². The molecule has 0 aromatic heterocycles. The fraction of sp³-hybridized carbons (Fsp3) is 0.130. The van der Waals surface area contributed by atoms with Crippen molar-refractivity contribution in [3.63, 3.8) is 0 Å². The monoisotopic (exact) mass is 405 g/mol. The molecular formula is C23H23N3O2S. The highest BCUT2D eigenvalue weighted by atomic mass is 32.2. The number of amides is 1. The zero-order valence-electron chi connectivity index (χ0n) is 16.4. The fourth-order valence-electron chi connectivity index (χ4n) is 2.80. The largest absolute Gasteiger partial charge is 0.380 e. The van der Waals surface area contributed by atoms with E-state index in [1.54, 1.807) is 18.4 Å². The number of anilines is 2. The van der Waals surface area contributed by atoms with E-state index in [2.05, 4.69) is 10.6 Å². The molecule has 0 aliphatic rings. The molecule has 3 aromatic carbocycles. The highest BCUT2D eigenvalue weighted by molar-refractivity contribution is 7.84. The molecule has 3 N–H and O–H groups in total. The van der Waals surface area contributed by atoms with Gasteiger partial charge < -0.3 is 10.6 Å². The van der Waals surface area contributed by atoms with Crippen molar-refractivity contribution in [3.05, 3.63) is 89.5 Å². The highest BCUT2D eigenvalue weighted by Crippen LogP contribution is 2.18. The second-order valence-electron chi connectivity index (χ2n) is 6.69. The molecule has 0 heterocycles. The van der Waals surface area contributed by atoms with Gasteiger partial charge in [-0.1, -0.05) is 48.0 Å². The summed E-state index contributed by atoms with van der Waals surface area (Å²) in [6.07, 6.45) is 1.65. The molecule has 0 saturated heterocycles. The Balaban J connectivity index is 1.70. The first kappa shape index (κ1) is 20.5. The number of carbonyl (C=O) groups is 1. The molecule has 3 aromatic rings. The molecule has 1 unspecified atom stereocenters. The van der Waals surface area contributed by atoms with Gasteiger partial charge in [0.1, 0.15) is 5.71 Å². The number of rotatable bonds is 7. The normalized spacial score (nSPS) is 11.5. The Morgan fingerprint density at radius 1 is 0.966 bits per heavy atom. The summed E-state index contributed by atoms with van der Waals surface area (Å²) >= 11 is 0. The van der Waals surface area contributed by atoms with Gasteiger partial charge in [-0.15, -0.1) is 0 Å². The van der Waals surface area contributed by atoms with Gasteiger partial charge in [-0.3, -0.25) is 14.4 Å². The summed E-state index contributed by atoms with van der Waals surface area (Å²) in [4.78, 5) is 13.3. The van der Waals surface area contributed by atoms with Crippen LogP contribution in [0.5, 0.6) is 0 Å². The van der Waals surface area contributed by atoms with Crippen LogP contribution in [0.4, 0.5) is 11.4 Å². The van der Waals surface area contributed by atoms with Crippen molar-refractivity contribution in [3.8, 4) is 0 Å². The van der Waals surface area contributed by atoms with E-state index in [-0.39, 0.29) is 5.71 Å². The number of hydrogen-bond donors (Lipinski definition) is 3. The molecule has 0 radical (unpaired) electrons. The Morgan fingerprint density at radius 2 is 1.62 bits per heavy atom. The van der Waals surface area contributed by atoms with Gasteiger partial charge in [0.15, 0.2) is 0 Å². The van der Waals surface area contributed by atoms with Gasteiger partial charge in [0.05, 0.1) is 0 Å². The predicted octanol–water partition coefficient (Wildman–Crippen LogP) is 4.35. The second-order valence-corrected chi connectivity index (χ2v) is 8.07. The van der Waals surface area contributed by atoms with E-state index in [0.29, 0.717) is 23.5 Å². The summed E-state index contributed by atoms with van der Waals surface area (Å²) in [5.74, 6) is -0.460. The molecule has 0 spiro atoms. The average Bonchev–Trinajstić information content (AvgIpc) is 2.74. The van der Waals surface area contributed by atoms with Crippen LogP contribution >= 0.6 is 0 Å². The van der Waals surface area contributed by atoms with Gasteiger partial charge in [-0.25, -0.2) is 0 Å². The maximum Gasteiger partial charge on any atom is 0.274 e. The molecule has 3 rings (SSSR count). The Labute approximate surface area is 173 Å². The first-order valence-corrected chi connectivity index (χ1v) is 10.7. The Hall–Kier alpha value is -3.25. The van der Waals surface area contributed by atoms with Crippen LogP contribution in [0.3, 0.4) is 0 Å². The van der Waals surface area contributed by atoms with Crippen LogP contribution in [0.25, 0.3) is 0 Å². The van der Waals surface area contributed by atoms with E-state index in [1.165, 1.54) is 0 Å². The minimum atomic E-state index is -1.00. The number of benzene rings is 3. The highest BCUT2D eigenvalue weighted by Gasteiger charge is 2.15. The Morgan fingerprint density at radius 3 is 2.28 bits per heavy atom. The molecule has 0 aliphatic heterocycles. The first-order chi connectivity index (χ1) is 13.9. The molecule has 5 nitrogen and oxygen atoms in total. The van der Waals surface area contributed by atoms with Crippen LogP contribution in [0, 0.1) is 12.3 Å². The van der Waals surface area contributed by atoms with Crippen LogP contribution in [-0.4, -0.2) is 22.1 Å². The van der Waals surface area contributed by atoms with Crippen LogP contribution in [0.15, 0.2) is 77.7 Å². The molecule has 148 valence electrons. The number of nitrogens with one attached hydrogen (secondary N) is 3. The molecule has 1 atom stereocenters. The summed E-state index contributed by atoms with van der Waals surface area (Å²) in [7, 11) is -1.00. The lowest BCUT2D eigenvalue weighted by Crippen LogP contribution is -2.24. The zero-order valence-corrected chi connectivity index (χ0v) is 17.2. The van der Waals surface area contributed by atoms with Crippen molar-refractivity contribution in [2.45, 2.75) is 18.4 Å². The van der Waals surface area contributed by atoms with Crippen molar-refractivity contribution in [2.75, 3.05) is 16.9 Å². The van der Waals surface area contributed by atoms with E-state index in [0.717, 1.165) is 16.0 Å². The average molecular weight is 406 g/mol. The van der Waals surface area contributed by atoms with Crippen molar-refractivity contribution < 1.29 is 9.00 Å². The number of para-hydroxylation sites is 1. The lowest BCUT2D eigenvalue weighted by atomic mass is 10.1. The third-order valence-electron chi connectivity index (χ3n) is 4.47. The molecule has 6 heteroatoms. The Kier molecular flexibility index (Phi) is 6.57. The maximum absolute atomic E-state index is 12.5. The number of hydrogen-bond acceptors (Lipinski definition) is 4. The smallest absolute Gasteiger partial charge is 0.274 e. The quantitative estimate of drug-likeness (QED) is 0.511. The van der Waals surface area contributed by atoms with Crippen molar-refractivity contribution >= 4 is 33.8 Å². The molecule has 29 heavy (non-hydrogen) atoms. The molecule has 0 aliphatic carbocycles. The zero-order chi connectivity index (χ0) is 20.8.